The van der Waals surface area contributed by atoms with Crippen LogP contribution in [0.15, 0.2) is 60.7 Å². The predicted molar refractivity (Wildman–Crippen MR) is 177 cm³/mol. The fraction of sp³-hybridized carbons (Fsp3) is 0.343. The van der Waals surface area contributed by atoms with E-state index < -0.39 is 11.9 Å². The van der Waals surface area contributed by atoms with Gasteiger partial charge < -0.3 is 15.6 Å². The summed E-state index contributed by atoms with van der Waals surface area (Å²) in [6.07, 6.45) is 7.09. The van der Waals surface area contributed by atoms with Crippen molar-refractivity contribution in [3.05, 3.63) is 72.1 Å². The molecule has 1 saturated heterocycles. The van der Waals surface area contributed by atoms with Gasteiger partial charge >= 0.3 is 0 Å². The number of amides is 5. The largest absolute Gasteiger partial charge is 0.382 e. The second-order valence-corrected chi connectivity index (χ2v) is 12.0. The Balaban J connectivity index is 1.09. The van der Waals surface area contributed by atoms with Crippen molar-refractivity contribution >= 4 is 63.0 Å². The third-order valence-corrected chi connectivity index (χ3v) is 8.65. The molecule has 1 fully saturated rings. The minimum Gasteiger partial charge on any atom is -0.382 e. The van der Waals surface area contributed by atoms with Crippen LogP contribution in [0.4, 0.5) is 11.5 Å². The number of imide groups is 2. The number of nitrogen functional groups attached to an aromatic ring is 1. The number of aryl methyl sites for hydroxylation is 1. The first kappa shape index (κ1) is 31.6. The summed E-state index contributed by atoms with van der Waals surface area (Å²) in [6.45, 7) is 2.96. The molecule has 0 radical (unpaired) electrons. The van der Waals surface area contributed by atoms with Gasteiger partial charge in [-0.3, -0.25) is 28.9 Å². The van der Waals surface area contributed by atoms with Gasteiger partial charge in [-0.05, 0) is 43.0 Å². The van der Waals surface area contributed by atoms with Gasteiger partial charge in [0.15, 0.2) is 5.82 Å². The molecule has 47 heavy (non-hydrogen) atoms. The zero-order valence-electron chi connectivity index (χ0n) is 26.3. The highest BCUT2D eigenvalue weighted by atomic mass is 16.2. The average molecular weight is 636 g/mol. The number of carbonyl (C=O) groups excluding carboxylic acids is 5. The van der Waals surface area contributed by atoms with E-state index >= 15 is 0 Å². The third-order valence-electron chi connectivity index (χ3n) is 8.65. The predicted octanol–water partition coefficient (Wildman–Crippen LogP) is 3.79. The molecule has 0 unspecified atom stereocenters. The molecule has 12 heteroatoms. The number of fused-ring (bicyclic) bond motifs is 3. The smallest absolute Gasteiger partial charge is 0.256 e. The SMILES string of the molecule is CCCCc1nc2c(N)nc3ccccc3c2n1Cc1ccc(N2C(=O)C[C@H](NC(=O)CCCCCN3C(=O)C=CC3=O)C2=O)cc1. The summed E-state index contributed by atoms with van der Waals surface area (Å²) in [7, 11) is 0. The van der Waals surface area contributed by atoms with Gasteiger partial charge in [0, 0.05) is 43.5 Å². The van der Waals surface area contributed by atoms with Crippen LogP contribution in [0.3, 0.4) is 0 Å². The molecule has 5 amide bonds. The van der Waals surface area contributed by atoms with E-state index in [0.29, 0.717) is 49.4 Å². The molecule has 2 aliphatic rings. The monoisotopic (exact) mass is 635 g/mol. The number of carbonyl (C=O) groups is 5. The van der Waals surface area contributed by atoms with Crippen LogP contribution in [0, 0.1) is 0 Å². The van der Waals surface area contributed by atoms with E-state index in [1.807, 2.05) is 36.4 Å². The zero-order chi connectivity index (χ0) is 33.1. The van der Waals surface area contributed by atoms with E-state index in [1.54, 1.807) is 12.1 Å². The molecule has 2 aromatic carbocycles. The first-order valence-corrected chi connectivity index (χ1v) is 16.1. The molecule has 2 aromatic heterocycles. The Morgan fingerprint density at radius 2 is 1.68 bits per heavy atom. The van der Waals surface area contributed by atoms with E-state index in [9.17, 15) is 24.0 Å². The molecule has 0 bridgehead atoms. The summed E-state index contributed by atoms with van der Waals surface area (Å²) in [5, 5.41) is 3.67. The Hall–Kier alpha value is -5.39. The molecule has 4 aromatic rings. The van der Waals surface area contributed by atoms with Gasteiger partial charge in [0.2, 0.25) is 11.8 Å². The van der Waals surface area contributed by atoms with Crippen molar-refractivity contribution in [2.75, 3.05) is 17.2 Å². The fourth-order valence-electron chi connectivity index (χ4n) is 6.20. The van der Waals surface area contributed by atoms with E-state index in [1.165, 1.54) is 17.1 Å². The van der Waals surface area contributed by atoms with E-state index in [2.05, 4.69) is 21.8 Å². The summed E-state index contributed by atoms with van der Waals surface area (Å²) < 4.78 is 2.18. The van der Waals surface area contributed by atoms with Crippen LogP contribution in [0.1, 0.15) is 63.3 Å². The summed E-state index contributed by atoms with van der Waals surface area (Å²) in [5.74, 6) is -0.492. The zero-order valence-corrected chi connectivity index (χ0v) is 26.3. The molecular formula is C35H37N7O5. The Labute approximate surface area is 271 Å². The number of benzene rings is 2. The van der Waals surface area contributed by atoms with Crippen molar-refractivity contribution in [1.29, 1.82) is 0 Å². The summed E-state index contributed by atoms with van der Waals surface area (Å²) >= 11 is 0. The van der Waals surface area contributed by atoms with Crippen molar-refractivity contribution in [1.82, 2.24) is 24.8 Å². The minimum atomic E-state index is -0.925. The average Bonchev–Trinajstić information content (AvgIpc) is 3.68. The topological polar surface area (TPSA) is 161 Å². The quantitative estimate of drug-likeness (QED) is 0.166. The molecule has 0 aliphatic carbocycles. The van der Waals surface area contributed by atoms with Gasteiger partial charge in [0.05, 0.1) is 23.1 Å². The number of unbranched alkanes of at least 4 members (excludes halogenated alkanes) is 3. The van der Waals surface area contributed by atoms with Crippen LogP contribution in [-0.2, 0) is 36.9 Å². The lowest BCUT2D eigenvalue weighted by atomic mass is 10.1. The van der Waals surface area contributed by atoms with Crippen LogP contribution in [0.5, 0.6) is 0 Å². The highest BCUT2D eigenvalue weighted by Gasteiger charge is 2.40. The van der Waals surface area contributed by atoms with Gasteiger partial charge in [-0.25, -0.2) is 14.9 Å². The Morgan fingerprint density at radius 3 is 2.43 bits per heavy atom. The molecule has 3 N–H and O–H groups in total. The molecule has 4 heterocycles. The number of rotatable bonds is 13. The number of anilines is 2. The first-order valence-electron chi connectivity index (χ1n) is 16.1. The molecule has 2 aliphatic heterocycles. The Morgan fingerprint density at radius 1 is 0.936 bits per heavy atom. The van der Waals surface area contributed by atoms with Crippen molar-refractivity contribution in [2.45, 2.75) is 70.9 Å². The van der Waals surface area contributed by atoms with Crippen LogP contribution >= 0.6 is 0 Å². The number of nitrogens with two attached hydrogens (primary N) is 1. The first-order chi connectivity index (χ1) is 22.7. The van der Waals surface area contributed by atoms with Crippen LogP contribution < -0.4 is 16.0 Å². The second kappa shape index (κ2) is 13.5. The van der Waals surface area contributed by atoms with Gasteiger partial charge in [-0.1, -0.05) is 50.1 Å². The maximum atomic E-state index is 13.2. The minimum absolute atomic E-state index is 0.108. The standard InChI is InChI=1S/C35H37N7O5/c1-2-3-11-27-39-32-33(24-9-6-7-10-25(24)38-34(32)36)41(27)21-22-13-15-23(16-14-22)42-31(46)20-26(35(42)47)37-28(43)12-5-4-8-19-40-29(44)17-18-30(40)45/h6-7,9-10,13-18,26H,2-5,8,11-12,19-21H2,1H3,(H2,36,38)(H,37,43)/t26-/m0/s1. The van der Waals surface area contributed by atoms with Crippen molar-refractivity contribution in [3.63, 3.8) is 0 Å². The maximum Gasteiger partial charge on any atom is 0.256 e. The molecule has 1 atom stereocenters. The molecule has 12 nitrogen and oxygen atoms in total. The van der Waals surface area contributed by atoms with Crippen molar-refractivity contribution in [2.24, 2.45) is 0 Å². The molecular weight excluding hydrogens is 598 g/mol. The molecule has 0 saturated carbocycles. The van der Waals surface area contributed by atoms with Gasteiger partial charge in [0.25, 0.3) is 17.7 Å². The number of imidazole rings is 1. The lowest BCUT2D eigenvalue weighted by molar-refractivity contribution is -0.137. The normalized spacial score (nSPS) is 16.4. The fourth-order valence-corrected chi connectivity index (χ4v) is 6.20. The van der Waals surface area contributed by atoms with Crippen molar-refractivity contribution in [3.8, 4) is 0 Å². The highest BCUT2D eigenvalue weighted by molar-refractivity contribution is 6.23. The number of hydrogen-bond donors (Lipinski definition) is 2. The van der Waals surface area contributed by atoms with E-state index in [0.717, 1.165) is 52.0 Å². The number of nitrogens with one attached hydrogen (secondary N) is 1. The highest BCUT2D eigenvalue weighted by Crippen LogP contribution is 2.31. The number of para-hydroxylation sites is 1. The summed E-state index contributed by atoms with van der Waals surface area (Å²) in [6, 6.07) is 14.2. The third kappa shape index (κ3) is 6.49. The molecule has 0 spiro atoms. The molecule has 242 valence electrons. The summed E-state index contributed by atoms with van der Waals surface area (Å²) in [5.41, 5.74) is 10.2. The molecule has 6 rings (SSSR count). The maximum absolute atomic E-state index is 13.2. The van der Waals surface area contributed by atoms with Gasteiger partial charge in [-0.2, -0.15) is 0 Å². The van der Waals surface area contributed by atoms with E-state index in [-0.39, 0.29) is 36.5 Å². The number of pyridine rings is 1. The Bertz CT molecular complexity index is 1890. The lowest BCUT2D eigenvalue weighted by Crippen LogP contribution is -2.41. The lowest BCUT2D eigenvalue weighted by Gasteiger charge is -2.17. The second-order valence-electron chi connectivity index (χ2n) is 12.0. The van der Waals surface area contributed by atoms with Gasteiger partial charge in [0.1, 0.15) is 17.4 Å². The number of nitrogens with zero attached hydrogens (tertiary/aromatic N) is 5. The number of hydrogen-bond acceptors (Lipinski definition) is 8. The Kier molecular flexibility index (Phi) is 9.10. The summed E-state index contributed by atoms with van der Waals surface area (Å²) in [4.78, 5) is 73.7. The van der Waals surface area contributed by atoms with Crippen LogP contribution in [0.25, 0.3) is 21.9 Å². The van der Waals surface area contributed by atoms with Crippen LogP contribution in [-0.4, -0.2) is 61.6 Å². The van der Waals surface area contributed by atoms with E-state index in [4.69, 9.17) is 10.7 Å². The number of aromatic nitrogens is 3. The van der Waals surface area contributed by atoms with Crippen molar-refractivity contribution < 1.29 is 24.0 Å². The van der Waals surface area contributed by atoms with Crippen LogP contribution in [0.2, 0.25) is 0 Å². The van der Waals surface area contributed by atoms with Gasteiger partial charge in [-0.15, -0.1) is 0 Å².